The van der Waals surface area contributed by atoms with Crippen LogP contribution in [0.15, 0.2) is 5.11 Å². The monoisotopic (exact) mass is 198 g/mol. The number of hydrogen-bond donors (Lipinski definition) is 1. The van der Waals surface area contributed by atoms with E-state index in [2.05, 4.69) is 15.5 Å². The van der Waals surface area contributed by atoms with Crippen molar-refractivity contribution in [3.63, 3.8) is 0 Å². The van der Waals surface area contributed by atoms with E-state index in [1.54, 1.807) is 0 Å². The summed E-state index contributed by atoms with van der Waals surface area (Å²) in [5.41, 5.74) is 10.8. The van der Waals surface area contributed by atoms with Crippen molar-refractivity contribution in [1.82, 2.24) is 5.48 Å². The van der Waals surface area contributed by atoms with E-state index in [0.717, 1.165) is 0 Å². The summed E-state index contributed by atoms with van der Waals surface area (Å²) in [6.45, 7) is 2.02. The molecule has 0 saturated carbocycles. The number of nitrogens with zero attached hydrogens (tertiary/aromatic N) is 3. The van der Waals surface area contributed by atoms with Crippen molar-refractivity contribution >= 4 is 5.97 Å². The third-order valence-corrected chi connectivity index (χ3v) is 2.58. The Morgan fingerprint density at radius 3 is 3.21 bits per heavy atom. The predicted octanol–water partition coefficient (Wildman–Crippen LogP) is 0.130. The van der Waals surface area contributed by atoms with Crippen molar-refractivity contribution < 1.29 is 14.4 Å². The highest BCUT2D eigenvalue weighted by atomic mass is 16.7. The fourth-order valence-corrected chi connectivity index (χ4v) is 1.92. The minimum Gasteiger partial charge on any atom is -0.461 e. The Kier molecular flexibility index (Phi) is 2.28. The molecule has 2 aliphatic heterocycles. The van der Waals surface area contributed by atoms with Gasteiger partial charge in [0.05, 0.1) is 18.6 Å². The van der Waals surface area contributed by atoms with Crippen molar-refractivity contribution in [2.24, 2.45) is 11.0 Å². The van der Waals surface area contributed by atoms with E-state index in [0.29, 0.717) is 0 Å². The summed E-state index contributed by atoms with van der Waals surface area (Å²) < 4.78 is 5.02. The van der Waals surface area contributed by atoms with Crippen LogP contribution >= 0.6 is 0 Å². The van der Waals surface area contributed by atoms with Crippen LogP contribution in [-0.2, 0) is 14.4 Å². The van der Waals surface area contributed by atoms with Gasteiger partial charge in [0.1, 0.15) is 12.1 Å². The molecule has 0 aromatic heterocycles. The zero-order valence-corrected chi connectivity index (χ0v) is 7.58. The molecule has 2 heterocycles. The molecule has 0 aromatic rings. The standard InChI is InChI=1S/C7H10N4O3/c1-3-5-4(2-9-11-8)14-10-6(5)7(12)13-3/h3-6,10H,2H2,1H3/t3-,4-,5?,6?/m0/s1. The number of hydrogen-bond acceptors (Lipinski definition) is 5. The Morgan fingerprint density at radius 1 is 1.71 bits per heavy atom. The number of nitrogens with one attached hydrogen (secondary N) is 1. The molecule has 0 radical (unpaired) electrons. The molecule has 7 heteroatoms. The van der Waals surface area contributed by atoms with Gasteiger partial charge in [0, 0.05) is 4.91 Å². The molecule has 0 spiro atoms. The number of cyclic esters (lactones) is 1. The lowest BCUT2D eigenvalue weighted by Crippen LogP contribution is -2.32. The Bertz CT molecular complexity index is 301. The van der Waals surface area contributed by atoms with Gasteiger partial charge in [-0.3, -0.25) is 9.63 Å². The van der Waals surface area contributed by atoms with Crippen LogP contribution in [0.2, 0.25) is 0 Å². The summed E-state index contributed by atoms with van der Waals surface area (Å²) in [5, 5.41) is 3.42. The second kappa shape index (κ2) is 3.45. The van der Waals surface area contributed by atoms with E-state index in [4.69, 9.17) is 15.1 Å². The molecule has 2 rings (SSSR count). The van der Waals surface area contributed by atoms with E-state index >= 15 is 0 Å². The summed E-state index contributed by atoms with van der Waals surface area (Å²) in [4.78, 5) is 19.0. The zero-order valence-electron chi connectivity index (χ0n) is 7.58. The van der Waals surface area contributed by atoms with Crippen molar-refractivity contribution in [2.75, 3.05) is 6.54 Å². The molecule has 76 valence electrons. The van der Waals surface area contributed by atoms with Crippen molar-refractivity contribution in [3.05, 3.63) is 10.4 Å². The number of azide groups is 1. The van der Waals surface area contributed by atoms with Gasteiger partial charge >= 0.3 is 5.97 Å². The zero-order chi connectivity index (χ0) is 10.1. The van der Waals surface area contributed by atoms with E-state index in [1.165, 1.54) is 0 Å². The largest absolute Gasteiger partial charge is 0.461 e. The third-order valence-electron chi connectivity index (χ3n) is 2.58. The number of esters is 1. The normalized spacial score (nSPS) is 40.2. The molecule has 4 atom stereocenters. The van der Waals surface area contributed by atoms with Gasteiger partial charge in [0.2, 0.25) is 0 Å². The summed E-state index contributed by atoms with van der Waals surface area (Å²) in [5.74, 6) is -0.362. The highest BCUT2D eigenvalue weighted by Gasteiger charge is 2.51. The Labute approximate surface area is 79.9 Å². The first kappa shape index (κ1) is 9.26. The van der Waals surface area contributed by atoms with Gasteiger partial charge in [-0.1, -0.05) is 5.11 Å². The van der Waals surface area contributed by atoms with Gasteiger partial charge in [-0.25, -0.2) is 0 Å². The van der Waals surface area contributed by atoms with E-state index in [-0.39, 0.29) is 30.6 Å². The van der Waals surface area contributed by atoms with Crippen molar-refractivity contribution in [2.45, 2.75) is 25.2 Å². The average Bonchev–Trinajstić information content (AvgIpc) is 2.67. The summed E-state index contributed by atoms with van der Waals surface area (Å²) in [6.07, 6.45) is -0.473. The van der Waals surface area contributed by atoms with Gasteiger partial charge in [-0.15, -0.1) is 0 Å². The van der Waals surface area contributed by atoms with E-state index in [9.17, 15) is 4.79 Å². The minimum atomic E-state index is -0.413. The van der Waals surface area contributed by atoms with Gasteiger partial charge in [0.15, 0.2) is 0 Å². The molecule has 0 aromatic carbocycles. The lowest BCUT2D eigenvalue weighted by Gasteiger charge is -2.15. The first-order chi connectivity index (χ1) is 6.74. The maximum Gasteiger partial charge on any atom is 0.326 e. The number of hydroxylamine groups is 1. The van der Waals surface area contributed by atoms with Gasteiger partial charge in [0.25, 0.3) is 0 Å². The first-order valence-electron chi connectivity index (χ1n) is 4.36. The number of ether oxygens (including phenoxy) is 1. The quantitative estimate of drug-likeness (QED) is 0.295. The van der Waals surface area contributed by atoms with Crippen LogP contribution in [0.1, 0.15) is 6.92 Å². The highest BCUT2D eigenvalue weighted by Crippen LogP contribution is 2.31. The first-order valence-corrected chi connectivity index (χ1v) is 4.36. The molecule has 0 bridgehead atoms. The van der Waals surface area contributed by atoms with Crippen LogP contribution in [0.4, 0.5) is 0 Å². The second-order valence-electron chi connectivity index (χ2n) is 3.38. The lowest BCUT2D eigenvalue weighted by molar-refractivity contribution is -0.146. The SMILES string of the molecule is C[C@@H]1OC(=O)C2NO[C@@H](CN=[N+]=[N-])C21. The van der Waals surface area contributed by atoms with Crippen LogP contribution in [-0.4, -0.2) is 30.8 Å². The number of fused-ring (bicyclic) bond motifs is 1. The van der Waals surface area contributed by atoms with Gasteiger partial charge < -0.3 is 4.74 Å². The van der Waals surface area contributed by atoms with E-state index < -0.39 is 6.04 Å². The van der Waals surface area contributed by atoms with Gasteiger partial charge in [-0.2, -0.15) is 5.48 Å². The van der Waals surface area contributed by atoms with E-state index in [1.807, 2.05) is 6.92 Å². The van der Waals surface area contributed by atoms with Crippen LogP contribution in [0, 0.1) is 5.92 Å². The molecule has 0 amide bonds. The number of rotatable bonds is 2. The Balaban J connectivity index is 2.09. The van der Waals surface area contributed by atoms with Crippen LogP contribution < -0.4 is 5.48 Å². The van der Waals surface area contributed by atoms with Gasteiger partial charge in [-0.05, 0) is 12.5 Å². The van der Waals surface area contributed by atoms with Crippen LogP contribution in [0.25, 0.3) is 10.4 Å². The highest BCUT2D eigenvalue weighted by molar-refractivity contribution is 5.79. The summed E-state index contributed by atoms with van der Waals surface area (Å²) in [7, 11) is 0. The van der Waals surface area contributed by atoms with Crippen LogP contribution in [0.5, 0.6) is 0 Å². The summed E-state index contributed by atoms with van der Waals surface area (Å²) in [6, 6.07) is -0.413. The summed E-state index contributed by atoms with van der Waals surface area (Å²) >= 11 is 0. The molecule has 2 unspecified atom stereocenters. The molecule has 1 N–H and O–H groups in total. The minimum absolute atomic E-state index is 0.0620. The molecule has 0 aliphatic carbocycles. The lowest BCUT2D eigenvalue weighted by atomic mass is 9.93. The van der Waals surface area contributed by atoms with Crippen LogP contribution in [0.3, 0.4) is 0 Å². The third kappa shape index (κ3) is 1.31. The number of carbonyl (C=O) groups is 1. The molecule has 2 aliphatic rings. The van der Waals surface area contributed by atoms with Crippen molar-refractivity contribution in [1.29, 1.82) is 0 Å². The second-order valence-corrected chi connectivity index (χ2v) is 3.38. The molecule has 14 heavy (non-hydrogen) atoms. The smallest absolute Gasteiger partial charge is 0.326 e. The Morgan fingerprint density at radius 2 is 2.50 bits per heavy atom. The maximum absolute atomic E-state index is 11.2. The fourth-order valence-electron chi connectivity index (χ4n) is 1.92. The fraction of sp³-hybridized carbons (Fsp3) is 0.857. The average molecular weight is 198 g/mol. The molecular weight excluding hydrogens is 188 g/mol. The predicted molar refractivity (Wildman–Crippen MR) is 44.9 cm³/mol. The maximum atomic E-state index is 11.2. The molecular formula is C7H10N4O3. The Hall–Kier alpha value is -1.30. The van der Waals surface area contributed by atoms with Crippen molar-refractivity contribution in [3.8, 4) is 0 Å². The molecule has 2 fully saturated rings. The molecule has 2 saturated heterocycles. The molecule has 7 nitrogen and oxygen atoms in total. The topological polar surface area (TPSA) is 96.3 Å². The number of carbonyl (C=O) groups excluding carboxylic acids is 1.